The lowest BCUT2D eigenvalue weighted by atomic mass is 10.0. The Bertz CT molecular complexity index is 823. The highest BCUT2D eigenvalue weighted by Gasteiger charge is 2.31. The van der Waals surface area contributed by atoms with Gasteiger partial charge in [0, 0.05) is 45.3 Å². The summed E-state index contributed by atoms with van der Waals surface area (Å²) in [4.78, 5) is 6.96. The third-order valence-corrected chi connectivity index (χ3v) is 4.84. The number of benzene rings is 1. The molecule has 6 nitrogen and oxygen atoms in total. The third-order valence-electron chi connectivity index (χ3n) is 4.84. The molecule has 30 heavy (non-hydrogen) atoms. The van der Waals surface area contributed by atoms with Crippen LogP contribution >= 0.6 is 24.0 Å². The molecule has 2 aromatic rings. The van der Waals surface area contributed by atoms with Crippen molar-refractivity contribution in [2.24, 2.45) is 12.0 Å². The van der Waals surface area contributed by atoms with Crippen LogP contribution in [0.25, 0.3) is 0 Å². The van der Waals surface area contributed by atoms with Gasteiger partial charge in [0.25, 0.3) is 0 Å². The van der Waals surface area contributed by atoms with Crippen molar-refractivity contribution in [3.8, 4) is 5.75 Å². The van der Waals surface area contributed by atoms with E-state index in [1.807, 2.05) is 24.9 Å². The Hall–Kier alpha value is -1.98. The van der Waals surface area contributed by atoms with Gasteiger partial charge in [-0.05, 0) is 43.0 Å². The number of rotatable bonds is 6. The number of aryl methyl sites for hydroxylation is 1. The first-order valence-electron chi connectivity index (χ1n) is 9.70. The first kappa shape index (κ1) is 24.3. The van der Waals surface area contributed by atoms with E-state index in [1.165, 1.54) is 17.7 Å². The minimum atomic E-state index is -4.67. The molecule has 166 valence electrons. The number of nitrogens with one attached hydrogen (secondary N) is 1. The minimum Gasteiger partial charge on any atom is -0.406 e. The summed E-state index contributed by atoms with van der Waals surface area (Å²) >= 11 is 0. The lowest BCUT2D eigenvalue weighted by molar-refractivity contribution is -0.274. The van der Waals surface area contributed by atoms with Gasteiger partial charge in [0.1, 0.15) is 5.75 Å². The SMILES string of the molecule is CCNC(=NCCc1ccc(OC(F)(F)F)cc1)N1CCC(c2cnn(C)c2)C1.I. The van der Waals surface area contributed by atoms with Crippen LogP contribution in [0.4, 0.5) is 13.2 Å². The smallest absolute Gasteiger partial charge is 0.406 e. The van der Waals surface area contributed by atoms with Crippen LogP contribution in [0.3, 0.4) is 0 Å². The second kappa shape index (κ2) is 10.9. The molecule has 0 aliphatic carbocycles. The second-order valence-electron chi connectivity index (χ2n) is 7.06. The van der Waals surface area contributed by atoms with Gasteiger partial charge in [-0.25, -0.2) is 0 Å². The molecule has 2 heterocycles. The fourth-order valence-electron chi connectivity index (χ4n) is 3.45. The quantitative estimate of drug-likeness (QED) is 0.345. The summed E-state index contributed by atoms with van der Waals surface area (Å²) in [6, 6.07) is 5.93. The van der Waals surface area contributed by atoms with E-state index in [9.17, 15) is 13.2 Å². The predicted octanol–water partition coefficient (Wildman–Crippen LogP) is 3.93. The fourth-order valence-corrected chi connectivity index (χ4v) is 3.45. The van der Waals surface area contributed by atoms with E-state index in [-0.39, 0.29) is 29.7 Å². The highest BCUT2D eigenvalue weighted by molar-refractivity contribution is 14.0. The molecule has 0 bridgehead atoms. The van der Waals surface area contributed by atoms with E-state index in [0.29, 0.717) is 18.9 Å². The number of hydrogen-bond acceptors (Lipinski definition) is 3. The van der Waals surface area contributed by atoms with Crippen LogP contribution in [0.5, 0.6) is 5.75 Å². The number of aliphatic imine (C=N–C) groups is 1. The average Bonchev–Trinajstić information content (AvgIpc) is 3.30. The molecule has 0 radical (unpaired) electrons. The van der Waals surface area contributed by atoms with Crippen LogP contribution in [-0.2, 0) is 13.5 Å². The van der Waals surface area contributed by atoms with Gasteiger partial charge in [-0.3, -0.25) is 9.67 Å². The number of halogens is 4. The standard InChI is InChI=1S/C20H26F3N5O.HI/c1-3-24-19(28-11-9-16(14-28)17-12-26-27(2)13-17)25-10-8-15-4-6-18(7-5-15)29-20(21,22)23;/h4-7,12-13,16H,3,8-11,14H2,1-2H3,(H,24,25);1H. The van der Waals surface area contributed by atoms with Gasteiger partial charge in [-0.2, -0.15) is 5.10 Å². The number of aromatic nitrogens is 2. The molecule has 1 aromatic heterocycles. The Balaban J connectivity index is 0.00000320. The Kier molecular flexibility index (Phi) is 8.80. The monoisotopic (exact) mass is 537 g/mol. The van der Waals surface area contributed by atoms with Crippen LogP contribution in [0.2, 0.25) is 0 Å². The maximum Gasteiger partial charge on any atom is 0.573 e. The molecular formula is C20H27F3IN5O. The predicted molar refractivity (Wildman–Crippen MR) is 120 cm³/mol. The summed E-state index contributed by atoms with van der Waals surface area (Å²) in [5.74, 6) is 1.10. The molecule has 3 rings (SSSR count). The molecule has 1 aliphatic heterocycles. The van der Waals surface area contributed by atoms with Crippen molar-refractivity contribution in [3.63, 3.8) is 0 Å². The van der Waals surface area contributed by atoms with Gasteiger partial charge in [0.2, 0.25) is 0 Å². The second-order valence-corrected chi connectivity index (χ2v) is 7.06. The van der Waals surface area contributed by atoms with Crippen molar-refractivity contribution in [1.29, 1.82) is 0 Å². The van der Waals surface area contributed by atoms with Gasteiger partial charge in [0.05, 0.1) is 6.20 Å². The van der Waals surface area contributed by atoms with E-state index in [1.54, 1.807) is 12.1 Å². The Labute approximate surface area is 191 Å². The maximum atomic E-state index is 12.2. The van der Waals surface area contributed by atoms with Crippen LogP contribution in [-0.4, -0.2) is 53.2 Å². The van der Waals surface area contributed by atoms with E-state index < -0.39 is 6.36 Å². The summed E-state index contributed by atoms with van der Waals surface area (Å²) in [5.41, 5.74) is 2.15. The molecule has 1 atom stereocenters. The van der Waals surface area contributed by atoms with Crippen molar-refractivity contribution in [1.82, 2.24) is 20.0 Å². The number of hydrogen-bond donors (Lipinski definition) is 1. The van der Waals surface area contributed by atoms with Crippen molar-refractivity contribution < 1.29 is 17.9 Å². The van der Waals surface area contributed by atoms with Crippen LogP contribution < -0.4 is 10.1 Å². The van der Waals surface area contributed by atoms with Crippen molar-refractivity contribution >= 4 is 29.9 Å². The fraction of sp³-hybridized carbons (Fsp3) is 0.500. The van der Waals surface area contributed by atoms with Gasteiger partial charge in [0.15, 0.2) is 5.96 Å². The van der Waals surface area contributed by atoms with E-state index >= 15 is 0 Å². The number of alkyl halides is 3. The normalized spacial score (nSPS) is 17.0. The molecule has 1 aliphatic rings. The number of ether oxygens (including phenoxy) is 1. The zero-order valence-corrected chi connectivity index (χ0v) is 19.4. The van der Waals surface area contributed by atoms with Crippen molar-refractivity contribution in [3.05, 3.63) is 47.8 Å². The Morgan fingerprint density at radius 1 is 1.30 bits per heavy atom. The third kappa shape index (κ3) is 7.06. The molecule has 10 heteroatoms. The molecule has 1 aromatic carbocycles. The molecular weight excluding hydrogens is 510 g/mol. The molecule has 1 saturated heterocycles. The van der Waals surface area contributed by atoms with Crippen LogP contribution in [0.15, 0.2) is 41.7 Å². The first-order chi connectivity index (χ1) is 13.8. The Morgan fingerprint density at radius 3 is 2.63 bits per heavy atom. The van der Waals surface area contributed by atoms with Gasteiger partial charge >= 0.3 is 6.36 Å². The minimum absolute atomic E-state index is 0. The largest absolute Gasteiger partial charge is 0.573 e. The molecule has 1 unspecified atom stereocenters. The number of likely N-dealkylation sites (tertiary alicyclic amines) is 1. The van der Waals surface area contributed by atoms with Crippen LogP contribution in [0, 0.1) is 0 Å². The zero-order valence-electron chi connectivity index (χ0n) is 17.0. The number of guanidine groups is 1. The van der Waals surface area contributed by atoms with Crippen molar-refractivity contribution in [2.75, 3.05) is 26.2 Å². The van der Waals surface area contributed by atoms with Crippen molar-refractivity contribution in [2.45, 2.75) is 32.0 Å². The van der Waals surface area contributed by atoms with E-state index in [2.05, 4.69) is 26.2 Å². The summed E-state index contributed by atoms with van der Waals surface area (Å²) in [6.45, 7) is 5.17. The summed E-state index contributed by atoms with van der Waals surface area (Å²) < 4.78 is 42.4. The lowest BCUT2D eigenvalue weighted by Gasteiger charge is -2.21. The maximum absolute atomic E-state index is 12.2. The topological polar surface area (TPSA) is 54.7 Å². The highest BCUT2D eigenvalue weighted by atomic mass is 127. The lowest BCUT2D eigenvalue weighted by Crippen LogP contribution is -2.40. The van der Waals surface area contributed by atoms with Gasteiger partial charge < -0.3 is 15.0 Å². The number of nitrogens with zero attached hydrogens (tertiary/aromatic N) is 4. The molecule has 0 amide bonds. The summed E-state index contributed by atoms with van der Waals surface area (Å²) in [7, 11) is 1.92. The van der Waals surface area contributed by atoms with Gasteiger partial charge in [-0.1, -0.05) is 12.1 Å². The van der Waals surface area contributed by atoms with Crippen LogP contribution in [0.1, 0.15) is 30.4 Å². The Morgan fingerprint density at radius 2 is 2.03 bits per heavy atom. The molecule has 0 spiro atoms. The first-order valence-corrected chi connectivity index (χ1v) is 9.70. The van der Waals surface area contributed by atoms with E-state index in [0.717, 1.165) is 37.6 Å². The zero-order chi connectivity index (χ0) is 20.9. The molecule has 1 fully saturated rings. The highest BCUT2D eigenvalue weighted by Crippen LogP contribution is 2.27. The summed E-state index contributed by atoms with van der Waals surface area (Å²) in [6.07, 6.45) is 1.00. The summed E-state index contributed by atoms with van der Waals surface area (Å²) in [5, 5.41) is 7.59. The molecule has 1 N–H and O–H groups in total. The van der Waals surface area contributed by atoms with E-state index in [4.69, 9.17) is 4.99 Å². The molecule has 0 saturated carbocycles. The van der Waals surface area contributed by atoms with Gasteiger partial charge in [-0.15, -0.1) is 37.1 Å². The average molecular weight is 537 g/mol.